The van der Waals surface area contributed by atoms with E-state index in [4.69, 9.17) is 0 Å². The Morgan fingerprint density at radius 3 is 2.64 bits per heavy atom. The van der Waals surface area contributed by atoms with Crippen LogP contribution in [0.3, 0.4) is 0 Å². The van der Waals surface area contributed by atoms with Crippen LogP contribution in [0.2, 0.25) is 0 Å². The molecule has 0 aliphatic carbocycles. The van der Waals surface area contributed by atoms with Gasteiger partial charge in [-0.25, -0.2) is 0 Å². The third kappa shape index (κ3) is 3.10. The van der Waals surface area contributed by atoms with Crippen LogP contribution in [0, 0.1) is 0 Å². The maximum Gasteiger partial charge on any atom is 0.0500 e. The van der Waals surface area contributed by atoms with Crippen molar-refractivity contribution in [2.45, 2.75) is 32.1 Å². The molecule has 1 aromatic rings. The second-order valence-corrected chi connectivity index (χ2v) is 4.40. The summed E-state index contributed by atoms with van der Waals surface area (Å²) in [6.07, 6.45) is 3.42. The summed E-state index contributed by atoms with van der Waals surface area (Å²) in [5.74, 6) is 0.283. The summed E-state index contributed by atoms with van der Waals surface area (Å²) in [7, 11) is 0. The first-order valence-corrected chi connectivity index (χ1v) is 5.94. The number of halogens is 1. The number of rotatable bonds is 5. The highest BCUT2D eigenvalue weighted by Gasteiger charge is 2.11. The summed E-state index contributed by atoms with van der Waals surface area (Å²) in [5.41, 5.74) is 1.23. The van der Waals surface area contributed by atoms with Gasteiger partial charge < -0.3 is 5.11 Å². The summed E-state index contributed by atoms with van der Waals surface area (Å²) in [6.45, 7) is 2.41. The Bertz CT molecular complexity index is 273. The maximum absolute atomic E-state index is 9.31. The van der Waals surface area contributed by atoms with Gasteiger partial charge >= 0.3 is 0 Å². The zero-order chi connectivity index (χ0) is 10.4. The van der Waals surface area contributed by atoms with Crippen molar-refractivity contribution in [2.75, 3.05) is 6.61 Å². The molecule has 1 unspecified atom stereocenters. The lowest BCUT2D eigenvalue weighted by Crippen LogP contribution is -2.04. The summed E-state index contributed by atoms with van der Waals surface area (Å²) in [4.78, 5) is 0. The summed E-state index contributed by atoms with van der Waals surface area (Å²) >= 11 is 3.52. The topological polar surface area (TPSA) is 20.2 Å². The van der Waals surface area contributed by atoms with Crippen LogP contribution >= 0.6 is 15.9 Å². The molecule has 0 bridgehead atoms. The molecule has 0 saturated carbocycles. The lowest BCUT2D eigenvalue weighted by Gasteiger charge is -2.15. The molecule has 78 valence electrons. The lowest BCUT2D eigenvalue weighted by atomic mass is 9.94. The predicted molar refractivity (Wildman–Crippen MR) is 63.5 cm³/mol. The van der Waals surface area contributed by atoms with Gasteiger partial charge in [0.25, 0.3) is 0 Å². The minimum absolute atomic E-state index is 0.239. The van der Waals surface area contributed by atoms with E-state index in [0.717, 1.165) is 10.9 Å². The van der Waals surface area contributed by atoms with Crippen molar-refractivity contribution in [3.63, 3.8) is 0 Å². The second-order valence-electron chi connectivity index (χ2n) is 3.54. The Morgan fingerprint density at radius 1 is 1.36 bits per heavy atom. The van der Waals surface area contributed by atoms with E-state index >= 15 is 0 Å². The van der Waals surface area contributed by atoms with E-state index in [1.165, 1.54) is 18.4 Å². The molecule has 14 heavy (non-hydrogen) atoms. The molecule has 2 heteroatoms. The van der Waals surface area contributed by atoms with Gasteiger partial charge in [-0.1, -0.05) is 53.9 Å². The smallest absolute Gasteiger partial charge is 0.0500 e. The van der Waals surface area contributed by atoms with E-state index in [1.807, 2.05) is 18.2 Å². The Balaban J connectivity index is 2.73. The fraction of sp³-hybridized carbons (Fsp3) is 0.500. The van der Waals surface area contributed by atoms with Crippen LogP contribution in [0.5, 0.6) is 0 Å². The molecule has 0 fully saturated rings. The van der Waals surface area contributed by atoms with E-state index in [2.05, 4.69) is 28.9 Å². The predicted octanol–water partition coefficient (Wildman–Crippen LogP) is 3.72. The Hall–Kier alpha value is -0.340. The monoisotopic (exact) mass is 256 g/mol. The molecular weight excluding hydrogens is 240 g/mol. The van der Waals surface area contributed by atoms with Crippen molar-refractivity contribution in [1.82, 2.24) is 0 Å². The molecular formula is C12H17BrO. The van der Waals surface area contributed by atoms with Gasteiger partial charge in [-0.05, 0) is 18.1 Å². The van der Waals surface area contributed by atoms with Gasteiger partial charge in [-0.3, -0.25) is 0 Å². The second kappa shape index (κ2) is 6.20. The molecule has 1 rings (SSSR count). The highest BCUT2D eigenvalue weighted by molar-refractivity contribution is 9.10. The summed E-state index contributed by atoms with van der Waals surface area (Å²) in [6, 6.07) is 8.14. The molecule has 1 aromatic carbocycles. The highest BCUT2D eigenvalue weighted by atomic mass is 79.9. The van der Waals surface area contributed by atoms with E-state index < -0.39 is 0 Å². The molecule has 0 saturated heterocycles. The first-order chi connectivity index (χ1) is 6.79. The molecule has 0 heterocycles. The Morgan fingerprint density at radius 2 is 2.07 bits per heavy atom. The average molecular weight is 257 g/mol. The standard InChI is InChI=1S/C12H17BrO/c1-2-3-6-10(9-14)11-7-4-5-8-12(11)13/h4-5,7-8,10,14H,2-3,6,9H2,1H3. The largest absolute Gasteiger partial charge is 0.396 e. The van der Waals surface area contributed by atoms with Gasteiger partial charge in [0.15, 0.2) is 0 Å². The summed E-state index contributed by atoms with van der Waals surface area (Å²) < 4.78 is 1.11. The quantitative estimate of drug-likeness (QED) is 0.852. The molecule has 1 nitrogen and oxygen atoms in total. The highest BCUT2D eigenvalue weighted by Crippen LogP contribution is 2.28. The number of hydrogen-bond donors (Lipinski definition) is 1. The minimum Gasteiger partial charge on any atom is -0.396 e. The lowest BCUT2D eigenvalue weighted by molar-refractivity contribution is 0.257. The molecule has 0 aliphatic heterocycles. The van der Waals surface area contributed by atoms with Crippen LogP contribution in [-0.4, -0.2) is 11.7 Å². The molecule has 1 atom stereocenters. The number of unbranched alkanes of at least 4 members (excludes halogenated alkanes) is 1. The van der Waals surface area contributed by atoms with Gasteiger partial charge in [0.05, 0.1) is 0 Å². The maximum atomic E-state index is 9.31. The van der Waals surface area contributed by atoms with E-state index in [-0.39, 0.29) is 12.5 Å². The van der Waals surface area contributed by atoms with Crippen molar-refractivity contribution in [1.29, 1.82) is 0 Å². The van der Waals surface area contributed by atoms with Crippen LogP contribution in [0.15, 0.2) is 28.7 Å². The van der Waals surface area contributed by atoms with Crippen LogP contribution in [0.4, 0.5) is 0 Å². The third-order valence-corrected chi connectivity index (χ3v) is 3.19. The van der Waals surface area contributed by atoms with Crippen LogP contribution in [0.1, 0.15) is 37.7 Å². The first-order valence-electron chi connectivity index (χ1n) is 5.14. The van der Waals surface area contributed by atoms with Crippen molar-refractivity contribution < 1.29 is 5.11 Å². The van der Waals surface area contributed by atoms with Crippen molar-refractivity contribution in [3.05, 3.63) is 34.3 Å². The molecule has 0 aromatic heterocycles. The molecule has 0 spiro atoms. The van der Waals surface area contributed by atoms with Crippen molar-refractivity contribution in [2.24, 2.45) is 0 Å². The number of aliphatic hydroxyl groups is 1. The van der Waals surface area contributed by atoms with Gasteiger partial charge in [0.2, 0.25) is 0 Å². The normalized spacial score (nSPS) is 12.8. The number of aliphatic hydroxyl groups excluding tert-OH is 1. The number of benzene rings is 1. The Labute approximate surface area is 94.3 Å². The molecule has 0 amide bonds. The van der Waals surface area contributed by atoms with E-state index in [1.54, 1.807) is 0 Å². The van der Waals surface area contributed by atoms with Gasteiger partial charge in [0.1, 0.15) is 0 Å². The Kier molecular flexibility index (Phi) is 5.20. The molecule has 0 aliphatic rings. The zero-order valence-corrected chi connectivity index (χ0v) is 10.1. The SMILES string of the molecule is CCCCC(CO)c1ccccc1Br. The molecule has 1 N–H and O–H groups in total. The van der Waals surface area contributed by atoms with Crippen LogP contribution in [-0.2, 0) is 0 Å². The van der Waals surface area contributed by atoms with E-state index in [0.29, 0.717) is 0 Å². The molecule has 0 radical (unpaired) electrons. The third-order valence-electron chi connectivity index (χ3n) is 2.47. The fourth-order valence-electron chi connectivity index (χ4n) is 1.60. The minimum atomic E-state index is 0.239. The van der Waals surface area contributed by atoms with Crippen molar-refractivity contribution in [3.8, 4) is 0 Å². The van der Waals surface area contributed by atoms with Crippen LogP contribution in [0.25, 0.3) is 0 Å². The number of hydrogen-bond acceptors (Lipinski definition) is 1. The van der Waals surface area contributed by atoms with E-state index in [9.17, 15) is 5.11 Å². The van der Waals surface area contributed by atoms with Gasteiger partial charge in [-0.2, -0.15) is 0 Å². The van der Waals surface area contributed by atoms with Crippen molar-refractivity contribution >= 4 is 15.9 Å². The van der Waals surface area contributed by atoms with Crippen LogP contribution < -0.4 is 0 Å². The fourth-order valence-corrected chi connectivity index (χ4v) is 2.21. The van der Waals surface area contributed by atoms with Gasteiger partial charge in [-0.15, -0.1) is 0 Å². The van der Waals surface area contributed by atoms with Gasteiger partial charge in [0, 0.05) is 17.0 Å². The average Bonchev–Trinajstić information content (AvgIpc) is 2.21. The summed E-state index contributed by atoms with van der Waals surface area (Å²) in [5, 5.41) is 9.31. The zero-order valence-electron chi connectivity index (χ0n) is 8.54. The first kappa shape index (κ1) is 11.7.